The maximum absolute atomic E-state index is 12.2. The number of fused-ring (bicyclic) bond motifs is 1. The average molecular weight is 432 g/mol. The monoisotopic (exact) mass is 432 g/mol. The van der Waals surface area contributed by atoms with Crippen LogP contribution in [0, 0.1) is 0 Å². The first-order chi connectivity index (χ1) is 15.0. The molecule has 1 aliphatic heterocycles. The van der Waals surface area contributed by atoms with E-state index < -0.39 is 17.9 Å². The Morgan fingerprint density at radius 3 is 2.58 bits per heavy atom. The van der Waals surface area contributed by atoms with Crippen LogP contribution in [0.4, 0.5) is 0 Å². The lowest BCUT2D eigenvalue weighted by Gasteiger charge is -2.14. The number of nitrogens with one attached hydrogen (secondary N) is 2. The van der Waals surface area contributed by atoms with Gasteiger partial charge in [-0.15, -0.1) is 0 Å². The van der Waals surface area contributed by atoms with Crippen LogP contribution in [0.25, 0.3) is 0 Å². The molecule has 2 aromatic carbocycles. The highest BCUT2D eigenvalue weighted by molar-refractivity contribution is 5.97. The third-order valence-corrected chi connectivity index (χ3v) is 4.38. The fraction of sp³-hybridized carbons (Fsp3) is 0.333. The van der Waals surface area contributed by atoms with Crippen molar-refractivity contribution in [1.29, 1.82) is 0 Å². The highest BCUT2D eigenvalue weighted by Gasteiger charge is 2.15. The highest BCUT2D eigenvalue weighted by atomic mass is 16.7. The quantitative estimate of drug-likeness (QED) is 0.502. The van der Waals surface area contributed by atoms with Crippen LogP contribution >= 0.6 is 0 Å². The van der Waals surface area contributed by atoms with Crippen molar-refractivity contribution in [2.45, 2.75) is 6.10 Å². The molecule has 0 fully saturated rings. The van der Waals surface area contributed by atoms with E-state index in [4.69, 9.17) is 23.7 Å². The van der Waals surface area contributed by atoms with Gasteiger partial charge < -0.3 is 39.4 Å². The molecule has 3 rings (SSSR count). The Balaban J connectivity index is 1.38. The predicted molar refractivity (Wildman–Crippen MR) is 109 cm³/mol. The maximum Gasteiger partial charge on any atom is 0.251 e. The van der Waals surface area contributed by atoms with Crippen LogP contribution in [0.5, 0.6) is 28.7 Å². The van der Waals surface area contributed by atoms with Crippen molar-refractivity contribution in [3.8, 4) is 28.7 Å². The van der Waals surface area contributed by atoms with Crippen LogP contribution in [-0.2, 0) is 4.79 Å². The molecular weight excluding hydrogens is 408 g/mol. The van der Waals surface area contributed by atoms with Gasteiger partial charge in [0.2, 0.25) is 12.7 Å². The number of aliphatic hydroxyl groups is 1. The van der Waals surface area contributed by atoms with E-state index in [1.165, 1.54) is 20.3 Å². The molecular formula is C21H24N2O8. The SMILES string of the molecule is COc1ccc(C(=O)NCC(=O)NCC(O)COc2ccc3c(c2)OCO3)cc1OC. The molecule has 1 heterocycles. The zero-order chi connectivity index (χ0) is 22.2. The summed E-state index contributed by atoms with van der Waals surface area (Å²) in [6.45, 7) is -0.146. The van der Waals surface area contributed by atoms with Crippen molar-refractivity contribution in [3.05, 3.63) is 42.0 Å². The second-order valence-corrected chi connectivity index (χ2v) is 6.54. The molecule has 0 aromatic heterocycles. The number of carbonyl (C=O) groups excluding carboxylic acids is 2. The van der Waals surface area contributed by atoms with Crippen molar-refractivity contribution >= 4 is 11.8 Å². The number of benzene rings is 2. The van der Waals surface area contributed by atoms with E-state index in [1.807, 2.05) is 0 Å². The minimum Gasteiger partial charge on any atom is -0.493 e. The summed E-state index contributed by atoms with van der Waals surface area (Å²) in [5.74, 6) is 1.73. The molecule has 2 aromatic rings. The molecule has 0 radical (unpaired) electrons. The molecule has 0 saturated heterocycles. The molecule has 0 aliphatic carbocycles. The Morgan fingerprint density at radius 1 is 1.03 bits per heavy atom. The third-order valence-electron chi connectivity index (χ3n) is 4.38. The highest BCUT2D eigenvalue weighted by Crippen LogP contribution is 2.35. The van der Waals surface area contributed by atoms with Crippen molar-refractivity contribution in [2.75, 3.05) is 40.7 Å². The van der Waals surface area contributed by atoms with E-state index in [0.717, 1.165) is 0 Å². The molecule has 1 aliphatic rings. The molecule has 3 N–H and O–H groups in total. The molecule has 0 spiro atoms. The summed E-state index contributed by atoms with van der Waals surface area (Å²) in [7, 11) is 2.96. The van der Waals surface area contributed by atoms with Gasteiger partial charge in [0, 0.05) is 18.2 Å². The standard InChI is InChI=1S/C21H24N2O8/c1-27-16-5-3-13(7-18(16)28-2)21(26)23-10-20(25)22-9-14(24)11-29-15-4-6-17-19(8-15)31-12-30-17/h3-8,14,24H,9-12H2,1-2H3,(H,22,25)(H,23,26). The van der Waals surface area contributed by atoms with E-state index in [-0.39, 0.29) is 26.5 Å². The summed E-state index contributed by atoms with van der Waals surface area (Å²) in [6.07, 6.45) is -0.934. The number of hydrogen-bond donors (Lipinski definition) is 3. The minimum atomic E-state index is -0.934. The van der Waals surface area contributed by atoms with E-state index in [1.54, 1.807) is 30.3 Å². The zero-order valence-corrected chi connectivity index (χ0v) is 17.2. The number of hydrogen-bond acceptors (Lipinski definition) is 8. The number of carbonyl (C=O) groups is 2. The predicted octanol–water partition coefficient (Wildman–Crippen LogP) is 0.718. The smallest absolute Gasteiger partial charge is 0.251 e. The molecule has 1 atom stereocenters. The van der Waals surface area contributed by atoms with Crippen molar-refractivity contribution in [3.63, 3.8) is 0 Å². The molecule has 1 unspecified atom stereocenters. The van der Waals surface area contributed by atoms with Crippen LogP contribution in [0.2, 0.25) is 0 Å². The summed E-state index contributed by atoms with van der Waals surface area (Å²) < 4.78 is 26.3. The summed E-state index contributed by atoms with van der Waals surface area (Å²) >= 11 is 0. The second kappa shape index (κ2) is 10.4. The largest absolute Gasteiger partial charge is 0.493 e. The van der Waals surface area contributed by atoms with E-state index in [9.17, 15) is 14.7 Å². The molecule has 2 amide bonds. The molecule has 10 nitrogen and oxygen atoms in total. The Bertz CT molecular complexity index is 934. The Kier molecular flexibility index (Phi) is 7.39. The Morgan fingerprint density at radius 2 is 1.81 bits per heavy atom. The normalized spacial score (nSPS) is 12.6. The van der Waals surface area contributed by atoms with Crippen LogP contribution in [-0.4, -0.2) is 63.7 Å². The number of rotatable bonds is 10. The van der Waals surface area contributed by atoms with E-state index in [0.29, 0.717) is 34.3 Å². The van der Waals surface area contributed by atoms with Crippen LogP contribution in [0.3, 0.4) is 0 Å². The van der Waals surface area contributed by atoms with Gasteiger partial charge in [0.25, 0.3) is 5.91 Å². The molecule has 166 valence electrons. The number of aliphatic hydroxyl groups excluding tert-OH is 1. The van der Waals surface area contributed by atoms with Gasteiger partial charge in [-0.2, -0.15) is 0 Å². The van der Waals surface area contributed by atoms with Gasteiger partial charge in [0.1, 0.15) is 18.5 Å². The molecule has 31 heavy (non-hydrogen) atoms. The fourth-order valence-corrected chi connectivity index (χ4v) is 2.75. The van der Waals surface area contributed by atoms with Gasteiger partial charge in [0.05, 0.1) is 20.8 Å². The lowest BCUT2D eigenvalue weighted by molar-refractivity contribution is -0.120. The van der Waals surface area contributed by atoms with Gasteiger partial charge in [-0.3, -0.25) is 9.59 Å². The van der Waals surface area contributed by atoms with Crippen molar-refractivity contribution in [2.24, 2.45) is 0 Å². The number of methoxy groups -OCH3 is 2. The maximum atomic E-state index is 12.2. The molecule has 10 heteroatoms. The van der Waals surface area contributed by atoms with Gasteiger partial charge in [0.15, 0.2) is 23.0 Å². The summed E-state index contributed by atoms with van der Waals surface area (Å²) in [6, 6.07) is 9.76. The lowest BCUT2D eigenvalue weighted by atomic mass is 10.2. The van der Waals surface area contributed by atoms with Gasteiger partial charge in [-0.25, -0.2) is 0 Å². The zero-order valence-electron chi connectivity index (χ0n) is 17.2. The summed E-state index contributed by atoms with van der Waals surface area (Å²) in [5.41, 5.74) is 0.322. The Hall–Kier alpha value is -3.66. The summed E-state index contributed by atoms with van der Waals surface area (Å²) in [4.78, 5) is 24.2. The summed E-state index contributed by atoms with van der Waals surface area (Å²) in [5, 5.41) is 15.0. The second-order valence-electron chi connectivity index (χ2n) is 6.54. The topological polar surface area (TPSA) is 125 Å². The third kappa shape index (κ3) is 5.92. The molecule has 0 saturated carbocycles. The number of amides is 2. The van der Waals surface area contributed by atoms with Gasteiger partial charge >= 0.3 is 0 Å². The van der Waals surface area contributed by atoms with Crippen LogP contribution in [0.15, 0.2) is 36.4 Å². The molecule has 0 bridgehead atoms. The number of ether oxygens (including phenoxy) is 5. The fourth-order valence-electron chi connectivity index (χ4n) is 2.75. The van der Waals surface area contributed by atoms with Crippen LogP contribution in [0.1, 0.15) is 10.4 Å². The first-order valence-corrected chi connectivity index (χ1v) is 9.47. The van der Waals surface area contributed by atoms with E-state index >= 15 is 0 Å². The minimum absolute atomic E-state index is 0.0298. The lowest BCUT2D eigenvalue weighted by Crippen LogP contribution is -2.41. The van der Waals surface area contributed by atoms with Crippen molar-refractivity contribution < 1.29 is 38.4 Å². The first kappa shape index (κ1) is 22.0. The van der Waals surface area contributed by atoms with Gasteiger partial charge in [-0.05, 0) is 30.3 Å². The van der Waals surface area contributed by atoms with Crippen molar-refractivity contribution in [1.82, 2.24) is 10.6 Å². The van der Waals surface area contributed by atoms with Crippen LogP contribution < -0.4 is 34.3 Å². The average Bonchev–Trinajstić information content (AvgIpc) is 3.27. The van der Waals surface area contributed by atoms with Gasteiger partial charge in [-0.1, -0.05) is 0 Å². The first-order valence-electron chi connectivity index (χ1n) is 9.47. The van der Waals surface area contributed by atoms with E-state index in [2.05, 4.69) is 10.6 Å². The Labute approximate surface area is 179 Å².